The number of benzene rings is 1. The molecule has 1 heterocycles. The van der Waals surface area contributed by atoms with Crippen LogP contribution < -0.4 is 14.8 Å². The molecule has 0 amide bonds. The van der Waals surface area contributed by atoms with Gasteiger partial charge in [-0.25, -0.2) is 13.0 Å². The lowest BCUT2D eigenvalue weighted by Crippen LogP contribution is -2.25. The molecular weight excluding hydrogens is 318 g/mol. The van der Waals surface area contributed by atoms with Gasteiger partial charge in [0.05, 0.1) is 18.2 Å². The summed E-state index contributed by atoms with van der Waals surface area (Å²) in [6.07, 6.45) is 6.54. The molecule has 0 radical (unpaired) electrons. The van der Waals surface area contributed by atoms with Crippen LogP contribution in [0.2, 0.25) is 0 Å². The number of pyridine rings is 1. The summed E-state index contributed by atoms with van der Waals surface area (Å²) in [5.41, 5.74) is 2.16. The highest BCUT2D eigenvalue weighted by Gasteiger charge is 1.96. The molecular formula is C15H19N3O4S. The zero-order chi connectivity index (χ0) is 17.3. The lowest BCUT2D eigenvalue weighted by molar-refractivity contribution is -0.671. The molecule has 0 saturated carbocycles. The van der Waals surface area contributed by atoms with Gasteiger partial charge in [0.15, 0.2) is 12.4 Å². The van der Waals surface area contributed by atoms with Crippen molar-refractivity contribution < 1.29 is 22.6 Å². The fourth-order valence-corrected chi connectivity index (χ4v) is 1.46. The predicted octanol–water partition coefficient (Wildman–Crippen LogP) is 0.219. The van der Waals surface area contributed by atoms with Crippen LogP contribution in [0.5, 0.6) is 0 Å². The average molecular weight is 337 g/mol. The first-order valence-electron chi connectivity index (χ1n) is 6.61. The summed E-state index contributed by atoms with van der Waals surface area (Å²) in [5.74, 6) is 0. The van der Waals surface area contributed by atoms with E-state index in [1.54, 1.807) is 0 Å². The fourth-order valence-electron chi connectivity index (χ4n) is 1.46. The molecule has 0 aliphatic carbocycles. The smallest absolute Gasteiger partial charge is 0.255 e. The second-order valence-electron chi connectivity index (χ2n) is 4.67. The van der Waals surface area contributed by atoms with E-state index in [-0.39, 0.29) is 0 Å². The highest BCUT2D eigenvalue weighted by Crippen LogP contribution is 2.10. The first-order chi connectivity index (χ1) is 10.8. The van der Waals surface area contributed by atoms with Gasteiger partial charge in [-0.3, -0.25) is 5.01 Å². The van der Waals surface area contributed by atoms with Gasteiger partial charge in [-0.2, -0.15) is 5.10 Å². The van der Waals surface area contributed by atoms with E-state index < -0.39 is 10.1 Å². The van der Waals surface area contributed by atoms with Crippen molar-refractivity contribution in [2.75, 3.05) is 18.3 Å². The van der Waals surface area contributed by atoms with Gasteiger partial charge in [-0.05, 0) is 12.1 Å². The van der Waals surface area contributed by atoms with Crippen LogP contribution in [0.3, 0.4) is 0 Å². The summed E-state index contributed by atoms with van der Waals surface area (Å²) in [6, 6.07) is 14.1. The first-order valence-corrected chi connectivity index (χ1v) is 8.43. The third kappa shape index (κ3) is 8.05. The van der Waals surface area contributed by atoms with E-state index in [1.807, 2.05) is 84.7 Å². The molecule has 0 spiro atoms. The molecule has 0 bridgehead atoms. The van der Waals surface area contributed by atoms with Gasteiger partial charge >= 0.3 is 0 Å². The molecule has 8 heteroatoms. The van der Waals surface area contributed by atoms with Gasteiger partial charge < -0.3 is 9.59 Å². The highest BCUT2D eigenvalue weighted by atomic mass is 32.2. The molecule has 0 aliphatic heterocycles. The molecule has 2 rings (SSSR count). The second-order valence-corrected chi connectivity index (χ2v) is 6.22. The fraction of sp³-hybridized carbons (Fsp3) is 0.200. The minimum atomic E-state index is -3.72. The quantitative estimate of drug-likeness (QED) is 0.345. The van der Waals surface area contributed by atoms with E-state index in [9.17, 15) is 8.42 Å². The summed E-state index contributed by atoms with van der Waals surface area (Å²) < 4.78 is 23.6. The Morgan fingerprint density at radius 1 is 1.17 bits per heavy atom. The number of hydrogen-bond donors (Lipinski definition) is 0. The maximum atomic E-state index is 9.47. The Hall–Kier alpha value is -2.29. The van der Waals surface area contributed by atoms with Gasteiger partial charge in [0.25, 0.3) is 10.1 Å². The molecule has 23 heavy (non-hydrogen) atoms. The predicted molar refractivity (Wildman–Crippen MR) is 86.0 cm³/mol. The van der Waals surface area contributed by atoms with Crippen molar-refractivity contribution in [2.45, 2.75) is 0 Å². The third-order valence-corrected chi connectivity index (χ3v) is 2.88. The van der Waals surface area contributed by atoms with E-state index in [0.29, 0.717) is 6.26 Å². The van der Waals surface area contributed by atoms with Crippen LogP contribution in [0, 0.1) is 0 Å². The number of anilines is 1. The van der Waals surface area contributed by atoms with Crippen molar-refractivity contribution in [3.05, 3.63) is 60.4 Å². The first kappa shape index (κ1) is 18.8. The van der Waals surface area contributed by atoms with Crippen LogP contribution in [0.4, 0.5) is 5.69 Å². The minimum Gasteiger partial charge on any atom is -0.707 e. The summed E-state index contributed by atoms with van der Waals surface area (Å²) >= 11 is 0. The Labute approximate surface area is 136 Å². The molecule has 0 saturated heterocycles. The Kier molecular flexibility index (Phi) is 7.33. The van der Waals surface area contributed by atoms with E-state index in [1.165, 1.54) is 0 Å². The average Bonchev–Trinajstić information content (AvgIpc) is 2.55. The minimum absolute atomic E-state index is 0.681. The Morgan fingerprint density at radius 3 is 2.17 bits per heavy atom. The van der Waals surface area contributed by atoms with Gasteiger partial charge in [0.2, 0.25) is 0 Å². The molecule has 124 valence electrons. The summed E-state index contributed by atoms with van der Waals surface area (Å²) in [6.45, 7) is 0. The number of hydrazone groups is 1. The SMILES string of the molecule is CN(/N=C/c1cc[n+](C)cc1)c1ccccc1.CS(=O)(=O)O[O-]. The molecule has 0 unspecified atom stereocenters. The highest BCUT2D eigenvalue weighted by molar-refractivity contribution is 7.85. The van der Waals surface area contributed by atoms with Gasteiger partial charge in [0.1, 0.15) is 7.05 Å². The van der Waals surface area contributed by atoms with E-state index >= 15 is 0 Å². The van der Waals surface area contributed by atoms with Crippen molar-refractivity contribution in [3.8, 4) is 0 Å². The summed E-state index contributed by atoms with van der Waals surface area (Å²) in [7, 11) is 0.219. The number of aromatic nitrogens is 1. The maximum absolute atomic E-state index is 9.47. The van der Waals surface area contributed by atoms with Crippen LogP contribution in [0.15, 0.2) is 60.0 Å². The van der Waals surface area contributed by atoms with Crippen LogP contribution in [0.25, 0.3) is 0 Å². The van der Waals surface area contributed by atoms with Crippen LogP contribution in [-0.4, -0.2) is 27.9 Å². The zero-order valence-corrected chi connectivity index (χ0v) is 14.0. The molecule has 1 aromatic heterocycles. The number of aryl methyl sites for hydroxylation is 1. The molecule has 0 atom stereocenters. The summed E-state index contributed by atoms with van der Waals surface area (Å²) in [4.78, 5) is 0. The van der Waals surface area contributed by atoms with Crippen LogP contribution in [0.1, 0.15) is 5.56 Å². The van der Waals surface area contributed by atoms with E-state index in [0.717, 1.165) is 11.3 Å². The van der Waals surface area contributed by atoms with Gasteiger partial charge in [-0.1, -0.05) is 18.2 Å². The molecule has 0 fully saturated rings. The van der Waals surface area contributed by atoms with Crippen molar-refractivity contribution in [2.24, 2.45) is 12.1 Å². The van der Waals surface area contributed by atoms with Gasteiger partial charge in [-0.15, -0.1) is 0 Å². The van der Waals surface area contributed by atoms with E-state index in [2.05, 4.69) is 9.44 Å². The lowest BCUT2D eigenvalue weighted by atomic mass is 10.3. The van der Waals surface area contributed by atoms with Crippen LogP contribution in [-0.2, 0) is 21.5 Å². The molecule has 0 N–H and O–H groups in total. The van der Waals surface area contributed by atoms with Crippen LogP contribution >= 0.6 is 0 Å². The van der Waals surface area contributed by atoms with Gasteiger partial charge in [0, 0.05) is 24.7 Å². The monoisotopic (exact) mass is 337 g/mol. The second kappa shape index (κ2) is 8.99. The van der Waals surface area contributed by atoms with E-state index in [4.69, 9.17) is 5.26 Å². The van der Waals surface area contributed by atoms with Crippen molar-refractivity contribution in [3.63, 3.8) is 0 Å². The Morgan fingerprint density at radius 2 is 1.70 bits per heavy atom. The zero-order valence-electron chi connectivity index (χ0n) is 13.2. The van der Waals surface area contributed by atoms with Crippen molar-refractivity contribution in [1.29, 1.82) is 0 Å². The lowest BCUT2D eigenvalue weighted by Gasteiger charge is -2.11. The maximum Gasteiger partial charge on any atom is 0.255 e. The number of nitrogens with zero attached hydrogens (tertiary/aromatic N) is 3. The summed E-state index contributed by atoms with van der Waals surface area (Å²) in [5, 5.41) is 15.1. The number of rotatable bonds is 4. The molecule has 2 aromatic rings. The van der Waals surface area contributed by atoms with Crippen molar-refractivity contribution >= 4 is 22.0 Å². The standard InChI is InChI=1S/C14H16N3.CH4O4S/c1-16-10-8-13(9-11-16)12-15-17(2)14-6-4-3-5-7-14;1-6(3,4)5-2/h3-12H,1-2H3;2H,1H3/q+1;/p-1. The molecule has 0 aliphatic rings. The Balaban J connectivity index is 0.000000379. The topological polar surface area (TPSA) is 85.9 Å². The number of hydrogen-bond acceptors (Lipinski definition) is 6. The normalized spacial score (nSPS) is 11.0. The number of para-hydroxylation sites is 1. The molecule has 7 nitrogen and oxygen atoms in total. The third-order valence-electron chi connectivity index (χ3n) is 2.64. The largest absolute Gasteiger partial charge is 0.707 e. The molecule has 1 aromatic carbocycles. The van der Waals surface area contributed by atoms with Crippen molar-refractivity contribution in [1.82, 2.24) is 0 Å². The Bertz CT molecular complexity index is 716.